The Bertz CT molecular complexity index is 2880. The van der Waals surface area contributed by atoms with Crippen molar-refractivity contribution in [1.29, 1.82) is 0 Å². The lowest BCUT2D eigenvalue weighted by Gasteiger charge is -2.40. The number of anilines is 1. The lowest BCUT2D eigenvalue weighted by atomic mass is 9.77. The largest absolute Gasteiger partial charge is 0.494 e. The number of aryl methyl sites for hydroxylation is 1. The number of hydrogen-bond acceptors (Lipinski definition) is 9. The van der Waals surface area contributed by atoms with Crippen molar-refractivity contribution < 1.29 is 37.4 Å². The Morgan fingerprint density at radius 2 is 1.66 bits per heavy atom. The summed E-state index contributed by atoms with van der Waals surface area (Å²) in [6, 6.07) is 19.4. The number of primary amides is 1. The molecule has 1 saturated carbocycles. The van der Waals surface area contributed by atoms with Crippen LogP contribution in [0.2, 0.25) is 5.02 Å². The van der Waals surface area contributed by atoms with Gasteiger partial charge in [-0.1, -0.05) is 61.0 Å². The van der Waals surface area contributed by atoms with E-state index < -0.39 is 35.1 Å². The highest BCUT2D eigenvalue weighted by atomic mass is 35.5. The number of aromatic nitrogens is 2. The number of imide groups is 1. The zero-order valence-corrected chi connectivity index (χ0v) is 41.2. The molecule has 4 N–H and O–H groups in total. The second-order valence-corrected chi connectivity index (χ2v) is 20.5. The van der Waals surface area contributed by atoms with Crippen LogP contribution in [0.1, 0.15) is 104 Å². The van der Waals surface area contributed by atoms with Gasteiger partial charge in [0, 0.05) is 92.2 Å². The Morgan fingerprint density at radius 3 is 2.35 bits per heavy atom. The molecule has 374 valence electrons. The number of rotatable bonds is 12. The molecule has 5 aromatic rings. The minimum atomic E-state index is -1.07. The maximum absolute atomic E-state index is 16.2. The van der Waals surface area contributed by atoms with Crippen molar-refractivity contribution >= 4 is 52.1 Å². The summed E-state index contributed by atoms with van der Waals surface area (Å²) < 4.78 is 46.0. The van der Waals surface area contributed by atoms with Crippen molar-refractivity contribution in [2.45, 2.75) is 88.2 Å². The molecule has 17 heteroatoms. The molecule has 5 heterocycles. The molecule has 2 atom stereocenters. The van der Waals surface area contributed by atoms with Crippen LogP contribution in [0.3, 0.4) is 0 Å². The predicted molar refractivity (Wildman–Crippen MR) is 267 cm³/mol. The molecular weight excluding hydrogens is 930 g/mol. The number of ether oxygens (including phenoxy) is 2. The van der Waals surface area contributed by atoms with Crippen LogP contribution < -0.4 is 30.7 Å². The average molecular weight is 992 g/mol. The normalized spacial score (nSPS) is 23.4. The number of halogens is 3. The zero-order chi connectivity index (χ0) is 49.7. The summed E-state index contributed by atoms with van der Waals surface area (Å²) in [5.41, 5.74) is 7.85. The number of likely N-dealkylation sites (tertiary alicyclic amines) is 2. The number of fused-ring (bicyclic) bond motifs is 2. The first kappa shape index (κ1) is 48.5. The fourth-order valence-corrected chi connectivity index (χ4v) is 12.5. The molecule has 1 aliphatic carbocycles. The van der Waals surface area contributed by atoms with E-state index in [-0.39, 0.29) is 63.4 Å². The summed E-state index contributed by atoms with van der Waals surface area (Å²) in [6.07, 6.45) is 7.40. The molecule has 2 unspecified atom stereocenters. The molecule has 14 nitrogen and oxygen atoms in total. The maximum Gasteiger partial charge on any atom is 0.329 e. The third-order valence-corrected chi connectivity index (χ3v) is 16.5. The monoisotopic (exact) mass is 990 g/mol. The number of urea groups is 1. The molecule has 0 radical (unpaired) electrons. The number of nitrogens with zero attached hydrogens (tertiary/aromatic N) is 5. The number of amides is 5. The van der Waals surface area contributed by atoms with Gasteiger partial charge in [-0.15, -0.1) is 0 Å². The van der Waals surface area contributed by atoms with Gasteiger partial charge in [0.25, 0.3) is 0 Å². The van der Waals surface area contributed by atoms with Crippen molar-refractivity contribution in [3.8, 4) is 22.6 Å². The van der Waals surface area contributed by atoms with Gasteiger partial charge in [0.1, 0.15) is 11.6 Å². The quantitative estimate of drug-likeness (QED) is 0.111. The SMILES string of the molecule is COc1ccc(C(N)=O)c(-c2c(Cl)c(F)cc3c2C(C)C(CNC2CCC(C(=O)N4CCC(CN5CCC(c6cccc7c(N8CCC(=O)NC8=O)nn(C)c67)CC5)CC4)CC2)(c2ccccc2)O3)c1F. The Labute approximate surface area is 417 Å². The highest BCUT2D eigenvalue weighted by Crippen LogP contribution is 2.56. The third-order valence-electron chi connectivity index (χ3n) is 16.1. The molecule has 10 rings (SSSR count). The Kier molecular flexibility index (Phi) is 13.6. The zero-order valence-electron chi connectivity index (χ0n) is 40.4. The van der Waals surface area contributed by atoms with Crippen LogP contribution in [-0.4, -0.2) is 102 Å². The Morgan fingerprint density at radius 1 is 0.930 bits per heavy atom. The second kappa shape index (κ2) is 19.8. The van der Waals surface area contributed by atoms with Crippen LogP contribution in [0.5, 0.6) is 11.5 Å². The van der Waals surface area contributed by atoms with Gasteiger partial charge in [-0.05, 0) is 106 Å². The van der Waals surface area contributed by atoms with E-state index in [0.29, 0.717) is 36.3 Å². The Hall–Kier alpha value is -6.10. The highest BCUT2D eigenvalue weighted by Gasteiger charge is 2.50. The number of carbonyl (C=O) groups is 4. The number of nitrogens with one attached hydrogen (secondary N) is 2. The molecule has 5 aliphatic rings. The number of hydrogen-bond donors (Lipinski definition) is 3. The third kappa shape index (κ3) is 9.00. The molecule has 3 saturated heterocycles. The van der Waals surface area contributed by atoms with Crippen LogP contribution in [0.15, 0.2) is 66.7 Å². The van der Waals surface area contributed by atoms with Crippen molar-refractivity contribution in [3.05, 3.63) is 106 Å². The van der Waals surface area contributed by atoms with Gasteiger partial charge < -0.3 is 30.3 Å². The second-order valence-electron chi connectivity index (χ2n) is 20.1. The van der Waals surface area contributed by atoms with E-state index in [1.54, 1.807) is 4.90 Å². The van der Waals surface area contributed by atoms with Gasteiger partial charge in [0.15, 0.2) is 23.0 Å². The molecular formula is C54H61ClF2N8O6. The lowest BCUT2D eigenvalue weighted by molar-refractivity contribution is -0.138. The maximum atomic E-state index is 16.2. The van der Waals surface area contributed by atoms with Gasteiger partial charge in [-0.2, -0.15) is 5.10 Å². The number of benzene rings is 4. The molecule has 0 spiro atoms. The van der Waals surface area contributed by atoms with Crippen molar-refractivity contribution in [3.63, 3.8) is 0 Å². The summed E-state index contributed by atoms with van der Waals surface area (Å²) in [7, 11) is 3.23. The molecule has 4 aliphatic heterocycles. The van der Waals surface area contributed by atoms with E-state index in [0.717, 1.165) is 101 Å². The Balaban J connectivity index is 0.736. The van der Waals surface area contributed by atoms with Crippen molar-refractivity contribution in [2.75, 3.05) is 57.8 Å². The average Bonchev–Trinajstić information content (AvgIpc) is 3.86. The first-order chi connectivity index (χ1) is 34.3. The van der Waals surface area contributed by atoms with E-state index in [2.05, 4.69) is 26.5 Å². The summed E-state index contributed by atoms with van der Waals surface area (Å²) in [5, 5.41) is 11.5. The fraction of sp³-hybridized carbons (Fsp3) is 0.463. The van der Waals surface area contributed by atoms with Gasteiger partial charge in [-0.25, -0.2) is 13.6 Å². The topological polar surface area (TPSA) is 164 Å². The van der Waals surface area contributed by atoms with Crippen LogP contribution in [-0.2, 0) is 22.2 Å². The summed E-state index contributed by atoms with van der Waals surface area (Å²) in [5.74, 6) is -1.63. The van der Waals surface area contributed by atoms with Crippen LogP contribution in [0, 0.1) is 23.5 Å². The predicted octanol–water partition coefficient (Wildman–Crippen LogP) is 8.38. The van der Waals surface area contributed by atoms with Crippen LogP contribution in [0.25, 0.3) is 22.0 Å². The smallest absolute Gasteiger partial charge is 0.329 e. The van der Waals surface area contributed by atoms with Gasteiger partial charge in [0.05, 0.1) is 23.2 Å². The highest BCUT2D eigenvalue weighted by molar-refractivity contribution is 6.34. The van der Waals surface area contributed by atoms with E-state index in [4.69, 9.17) is 31.9 Å². The van der Waals surface area contributed by atoms with Gasteiger partial charge in [-0.3, -0.25) is 29.3 Å². The number of para-hydroxylation sites is 1. The number of carbonyl (C=O) groups excluding carboxylic acids is 4. The first-order valence-corrected chi connectivity index (χ1v) is 25.4. The van der Waals surface area contributed by atoms with Crippen LogP contribution >= 0.6 is 11.6 Å². The number of piperidine rings is 2. The van der Waals surface area contributed by atoms with E-state index in [9.17, 15) is 19.2 Å². The number of nitrogens with two attached hydrogens (primary N) is 1. The van der Waals surface area contributed by atoms with Gasteiger partial charge in [0.2, 0.25) is 17.7 Å². The lowest BCUT2D eigenvalue weighted by Crippen LogP contribution is -2.49. The molecule has 71 heavy (non-hydrogen) atoms. The van der Waals surface area contributed by atoms with Crippen molar-refractivity contribution in [2.24, 2.45) is 24.6 Å². The van der Waals surface area contributed by atoms with E-state index in [1.807, 2.05) is 61.1 Å². The summed E-state index contributed by atoms with van der Waals surface area (Å²) in [6.45, 7) is 7.15. The molecule has 5 amide bonds. The molecule has 4 aromatic carbocycles. The molecule has 1 aromatic heterocycles. The first-order valence-electron chi connectivity index (χ1n) is 25.0. The van der Waals surface area contributed by atoms with Crippen LogP contribution in [0.4, 0.5) is 19.4 Å². The van der Waals surface area contributed by atoms with E-state index >= 15 is 8.78 Å². The van der Waals surface area contributed by atoms with E-state index in [1.165, 1.54) is 30.9 Å². The minimum absolute atomic E-state index is 0.000249. The number of methoxy groups -OCH3 is 1. The summed E-state index contributed by atoms with van der Waals surface area (Å²) in [4.78, 5) is 57.4. The standard InChI is InChI=1S/C54H61ClF2N8O6/c1-31-44-42(28-40(56)47(55)46(44)45-38(50(58)67)16-17-41(70-3)48(45)57)71-54(31,35-8-5-4-6-9-35)30-59-36-14-12-34(13-15-36)52(68)64-25-18-32(19-26-64)29-63-23-20-33(21-24-63)37-10-7-11-39-49(37)62(2)61-51(39)65-27-22-43(66)60-53(65)69/h4-11,16-17,28,31-34,36,59H,12-15,18-27,29-30H2,1-3H3,(H2,58,67)(H,60,66,69). The van der Waals surface area contributed by atoms with Gasteiger partial charge >= 0.3 is 6.03 Å². The molecule has 4 fully saturated rings. The fourth-order valence-electron chi connectivity index (χ4n) is 12.2. The molecule has 0 bridgehead atoms. The van der Waals surface area contributed by atoms with Crippen molar-refractivity contribution in [1.82, 2.24) is 30.2 Å². The minimum Gasteiger partial charge on any atom is -0.494 e. The summed E-state index contributed by atoms with van der Waals surface area (Å²) >= 11 is 6.71.